The van der Waals surface area contributed by atoms with Crippen molar-refractivity contribution in [2.75, 3.05) is 5.32 Å². The zero-order valence-corrected chi connectivity index (χ0v) is 15.4. The number of anilines is 1. The Kier molecular flexibility index (Phi) is 5.34. The molecule has 3 aromatic rings. The van der Waals surface area contributed by atoms with Gasteiger partial charge in [-0.1, -0.05) is 48.8 Å². The van der Waals surface area contributed by atoms with Crippen LogP contribution in [0.15, 0.2) is 47.3 Å². The van der Waals surface area contributed by atoms with E-state index in [0.717, 1.165) is 33.3 Å². The first-order chi connectivity index (χ1) is 12.1. The van der Waals surface area contributed by atoms with Gasteiger partial charge in [-0.25, -0.2) is 0 Å². The Morgan fingerprint density at radius 3 is 2.72 bits per heavy atom. The summed E-state index contributed by atoms with van der Waals surface area (Å²) in [5.41, 5.74) is 3.18. The number of aryl methyl sites for hydroxylation is 3. The van der Waals surface area contributed by atoms with E-state index in [2.05, 4.69) is 12.2 Å². The zero-order valence-electron chi connectivity index (χ0n) is 14.5. The zero-order chi connectivity index (χ0) is 17.8. The van der Waals surface area contributed by atoms with Crippen LogP contribution in [0.25, 0.3) is 10.1 Å². The minimum atomic E-state index is -0.00170. The number of carbonyl (C=O) groups is 1. The van der Waals surface area contributed by atoms with E-state index in [1.54, 1.807) is 3.96 Å². The summed E-state index contributed by atoms with van der Waals surface area (Å²) in [7, 11) is 0. The van der Waals surface area contributed by atoms with Gasteiger partial charge < -0.3 is 5.32 Å². The summed E-state index contributed by atoms with van der Waals surface area (Å²) in [6.07, 6.45) is 1.93. The molecule has 0 aliphatic rings. The van der Waals surface area contributed by atoms with E-state index < -0.39 is 0 Å². The number of benzene rings is 2. The molecular formula is C20H22N2O2S. The van der Waals surface area contributed by atoms with Gasteiger partial charge in [-0.3, -0.25) is 13.5 Å². The number of hydrogen-bond acceptors (Lipinski definition) is 3. The number of para-hydroxylation sites is 1. The van der Waals surface area contributed by atoms with Gasteiger partial charge in [-0.2, -0.15) is 0 Å². The summed E-state index contributed by atoms with van der Waals surface area (Å²) in [6.45, 7) is 4.66. The second-order valence-electron chi connectivity index (χ2n) is 6.11. The van der Waals surface area contributed by atoms with Crippen LogP contribution in [0, 0.1) is 6.92 Å². The summed E-state index contributed by atoms with van der Waals surface area (Å²) in [6, 6.07) is 13.7. The van der Waals surface area contributed by atoms with Gasteiger partial charge in [0.1, 0.15) is 0 Å². The molecule has 0 unspecified atom stereocenters. The Bertz CT molecular complexity index is 956. The summed E-state index contributed by atoms with van der Waals surface area (Å²) >= 11 is 1.46. The fourth-order valence-electron chi connectivity index (χ4n) is 2.95. The van der Waals surface area contributed by atoms with Crippen molar-refractivity contribution in [1.29, 1.82) is 0 Å². The van der Waals surface area contributed by atoms with Gasteiger partial charge in [0.25, 0.3) is 5.56 Å². The maximum atomic E-state index is 12.3. The van der Waals surface area contributed by atoms with Gasteiger partial charge in [0.05, 0.1) is 10.1 Å². The Morgan fingerprint density at radius 2 is 1.96 bits per heavy atom. The van der Waals surface area contributed by atoms with E-state index >= 15 is 0 Å². The lowest BCUT2D eigenvalue weighted by Gasteiger charge is -2.12. The molecule has 1 aromatic heterocycles. The SMILES string of the molecule is CCc1cccc(C)c1NC(=O)CCCn1sc2ccccc2c1=O. The number of hydrogen-bond donors (Lipinski definition) is 1. The molecule has 130 valence electrons. The fourth-order valence-corrected chi connectivity index (χ4v) is 3.98. The van der Waals surface area contributed by atoms with Gasteiger partial charge in [0.2, 0.25) is 5.91 Å². The van der Waals surface area contributed by atoms with Crippen molar-refractivity contribution in [2.45, 2.75) is 39.7 Å². The molecule has 5 heteroatoms. The van der Waals surface area contributed by atoms with Crippen LogP contribution in [-0.2, 0) is 17.8 Å². The topological polar surface area (TPSA) is 51.1 Å². The smallest absolute Gasteiger partial charge is 0.268 e. The Labute approximate surface area is 151 Å². The van der Waals surface area contributed by atoms with Crippen molar-refractivity contribution in [1.82, 2.24) is 3.96 Å². The predicted molar refractivity (Wildman–Crippen MR) is 105 cm³/mol. The Balaban J connectivity index is 1.61. The number of aromatic nitrogens is 1. The predicted octanol–water partition coefficient (Wildman–Crippen LogP) is 4.35. The molecule has 2 aromatic carbocycles. The van der Waals surface area contributed by atoms with Crippen LogP contribution in [0.1, 0.15) is 30.9 Å². The molecule has 0 radical (unpaired) electrons. The maximum absolute atomic E-state index is 12.3. The molecule has 25 heavy (non-hydrogen) atoms. The van der Waals surface area contributed by atoms with Crippen molar-refractivity contribution in [2.24, 2.45) is 0 Å². The summed E-state index contributed by atoms with van der Waals surface area (Å²) in [5, 5.41) is 3.79. The van der Waals surface area contributed by atoms with Crippen LogP contribution < -0.4 is 10.9 Å². The first kappa shape index (κ1) is 17.4. The largest absolute Gasteiger partial charge is 0.326 e. The standard InChI is InChI=1S/C20H22N2O2S/c1-3-15-9-6-8-14(2)19(15)21-18(23)12-7-13-22-20(24)16-10-4-5-11-17(16)25-22/h4-6,8-11H,3,7,12-13H2,1-2H3,(H,21,23). The molecule has 0 atom stereocenters. The molecule has 1 N–H and O–H groups in total. The maximum Gasteiger partial charge on any atom is 0.268 e. The van der Waals surface area contributed by atoms with E-state index in [0.29, 0.717) is 19.4 Å². The fraction of sp³-hybridized carbons (Fsp3) is 0.300. The number of carbonyl (C=O) groups excluding carboxylic acids is 1. The average molecular weight is 354 g/mol. The minimum absolute atomic E-state index is 0.00170. The molecule has 0 bridgehead atoms. The molecule has 0 spiro atoms. The van der Waals surface area contributed by atoms with E-state index in [9.17, 15) is 9.59 Å². The highest BCUT2D eigenvalue weighted by molar-refractivity contribution is 7.13. The highest BCUT2D eigenvalue weighted by Crippen LogP contribution is 2.21. The van der Waals surface area contributed by atoms with Gasteiger partial charge in [0.15, 0.2) is 0 Å². The quantitative estimate of drug-likeness (QED) is 0.715. The summed E-state index contributed by atoms with van der Waals surface area (Å²) in [5.74, 6) is -0.00170. The number of fused-ring (bicyclic) bond motifs is 1. The van der Waals surface area contributed by atoms with Crippen LogP contribution in [0.2, 0.25) is 0 Å². The minimum Gasteiger partial charge on any atom is -0.326 e. The monoisotopic (exact) mass is 354 g/mol. The van der Waals surface area contributed by atoms with Crippen molar-refractivity contribution in [3.63, 3.8) is 0 Å². The Morgan fingerprint density at radius 1 is 1.16 bits per heavy atom. The van der Waals surface area contributed by atoms with Crippen molar-refractivity contribution in [3.05, 3.63) is 63.9 Å². The van der Waals surface area contributed by atoms with Gasteiger partial charge >= 0.3 is 0 Å². The third-order valence-electron chi connectivity index (χ3n) is 4.32. The molecular weight excluding hydrogens is 332 g/mol. The average Bonchev–Trinajstić information content (AvgIpc) is 2.93. The van der Waals surface area contributed by atoms with E-state index in [1.165, 1.54) is 11.5 Å². The number of rotatable bonds is 6. The summed E-state index contributed by atoms with van der Waals surface area (Å²) in [4.78, 5) is 24.6. The third kappa shape index (κ3) is 3.82. The van der Waals surface area contributed by atoms with Crippen LogP contribution in [-0.4, -0.2) is 9.86 Å². The molecule has 1 heterocycles. The van der Waals surface area contributed by atoms with Crippen LogP contribution in [0.5, 0.6) is 0 Å². The Hall–Kier alpha value is -2.40. The number of nitrogens with zero attached hydrogens (tertiary/aromatic N) is 1. The number of amides is 1. The normalized spacial score (nSPS) is 11.0. The lowest BCUT2D eigenvalue weighted by atomic mass is 10.1. The van der Waals surface area contributed by atoms with Crippen molar-refractivity contribution >= 4 is 33.2 Å². The van der Waals surface area contributed by atoms with E-state index in [4.69, 9.17) is 0 Å². The molecule has 0 fully saturated rings. The van der Waals surface area contributed by atoms with Crippen LogP contribution in [0.4, 0.5) is 5.69 Å². The highest BCUT2D eigenvalue weighted by atomic mass is 32.1. The van der Waals surface area contributed by atoms with E-state index in [1.807, 2.05) is 49.4 Å². The first-order valence-corrected chi connectivity index (χ1v) is 9.34. The molecule has 0 aliphatic heterocycles. The third-order valence-corrected chi connectivity index (χ3v) is 5.44. The molecule has 0 saturated carbocycles. The highest BCUT2D eigenvalue weighted by Gasteiger charge is 2.10. The molecule has 0 aliphatic carbocycles. The lowest BCUT2D eigenvalue weighted by Crippen LogP contribution is -2.17. The van der Waals surface area contributed by atoms with E-state index in [-0.39, 0.29) is 11.5 Å². The molecule has 3 rings (SSSR count). The van der Waals surface area contributed by atoms with Crippen molar-refractivity contribution in [3.8, 4) is 0 Å². The summed E-state index contributed by atoms with van der Waals surface area (Å²) < 4.78 is 2.73. The van der Waals surface area contributed by atoms with Gasteiger partial charge in [-0.05, 0) is 43.0 Å². The van der Waals surface area contributed by atoms with Gasteiger partial charge in [-0.15, -0.1) is 0 Å². The number of nitrogens with one attached hydrogen (secondary N) is 1. The second-order valence-corrected chi connectivity index (χ2v) is 7.17. The lowest BCUT2D eigenvalue weighted by molar-refractivity contribution is -0.116. The first-order valence-electron chi connectivity index (χ1n) is 8.57. The van der Waals surface area contributed by atoms with Gasteiger partial charge in [0, 0.05) is 18.7 Å². The van der Waals surface area contributed by atoms with Crippen LogP contribution >= 0.6 is 11.5 Å². The van der Waals surface area contributed by atoms with Crippen molar-refractivity contribution < 1.29 is 4.79 Å². The molecule has 1 amide bonds. The molecule has 4 nitrogen and oxygen atoms in total. The molecule has 0 saturated heterocycles. The second kappa shape index (κ2) is 7.66. The van der Waals surface area contributed by atoms with Crippen LogP contribution in [0.3, 0.4) is 0 Å².